The first-order valence-electron chi connectivity index (χ1n) is 8.74. The predicted octanol–water partition coefficient (Wildman–Crippen LogP) is 3.59. The minimum Gasteiger partial charge on any atom is -0.381 e. The van der Waals surface area contributed by atoms with Gasteiger partial charge in [0.05, 0.1) is 35.0 Å². The van der Waals surface area contributed by atoms with Gasteiger partial charge in [-0.3, -0.25) is 4.68 Å². The lowest BCUT2D eigenvalue weighted by molar-refractivity contribution is -0.0375. The number of benzene rings is 1. The molecule has 0 bridgehead atoms. The van der Waals surface area contributed by atoms with Crippen LogP contribution in [0.1, 0.15) is 12.0 Å². The second-order valence-corrected chi connectivity index (χ2v) is 9.09. The summed E-state index contributed by atoms with van der Waals surface area (Å²) in [5, 5.41) is 4.73. The van der Waals surface area contributed by atoms with Gasteiger partial charge in [-0.25, -0.2) is 12.4 Å². The van der Waals surface area contributed by atoms with Crippen LogP contribution in [0.4, 0.5) is 0 Å². The average Bonchev–Trinajstić information content (AvgIpc) is 3.20. The molecule has 2 aromatic heterocycles. The Balaban J connectivity index is 1.65. The summed E-state index contributed by atoms with van der Waals surface area (Å²) in [6.45, 7) is 4.30. The van der Waals surface area contributed by atoms with Crippen molar-refractivity contribution in [1.29, 1.82) is 0 Å². The van der Waals surface area contributed by atoms with Gasteiger partial charge >= 0.3 is 0 Å². The molecule has 0 atom stereocenters. The number of aryl methyl sites for hydroxylation is 2. The Morgan fingerprint density at radius 2 is 1.96 bits per heavy atom. The number of aromatic nitrogens is 3. The Hall–Kier alpha value is -2.09. The van der Waals surface area contributed by atoms with E-state index in [9.17, 15) is 8.42 Å². The van der Waals surface area contributed by atoms with Crippen LogP contribution in [0.25, 0.3) is 11.3 Å². The molecule has 142 valence electrons. The highest BCUT2D eigenvalue weighted by molar-refractivity contribution is 7.90. The molecular weight excluding hydrogens is 386 g/mol. The SMILES string of the molecule is Cc1ccc(S(=O)(=O)n2cc(Cl)cc2-c2cnn(CCC3COC3)c2)cc1. The van der Waals surface area contributed by atoms with Gasteiger partial charge in [0.25, 0.3) is 10.0 Å². The van der Waals surface area contributed by atoms with E-state index in [0.717, 1.165) is 31.7 Å². The lowest BCUT2D eigenvalue weighted by Crippen LogP contribution is -2.28. The highest BCUT2D eigenvalue weighted by Gasteiger charge is 2.23. The van der Waals surface area contributed by atoms with Gasteiger partial charge in [-0.05, 0) is 31.5 Å². The zero-order valence-electron chi connectivity index (χ0n) is 14.9. The van der Waals surface area contributed by atoms with Gasteiger partial charge in [0.2, 0.25) is 0 Å². The number of hydrogen-bond donors (Lipinski definition) is 0. The van der Waals surface area contributed by atoms with Crippen molar-refractivity contribution >= 4 is 21.6 Å². The number of ether oxygens (including phenoxy) is 1. The molecule has 3 heterocycles. The van der Waals surface area contributed by atoms with Gasteiger partial charge in [0.1, 0.15) is 0 Å². The van der Waals surface area contributed by atoms with Crippen LogP contribution in [-0.4, -0.2) is 35.4 Å². The van der Waals surface area contributed by atoms with Crippen LogP contribution in [0.3, 0.4) is 0 Å². The van der Waals surface area contributed by atoms with Crippen molar-refractivity contribution in [2.75, 3.05) is 13.2 Å². The molecule has 0 N–H and O–H groups in total. The van der Waals surface area contributed by atoms with Crippen molar-refractivity contribution in [2.45, 2.75) is 24.8 Å². The molecule has 0 spiro atoms. The summed E-state index contributed by atoms with van der Waals surface area (Å²) in [4.78, 5) is 0.221. The Morgan fingerprint density at radius 1 is 1.22 bits per heavy atom. The zero-order chi connectivity index (χ0) is 19.0. The van der Waals surface area contributed by atoms with E-state index in [2.05, 4.69) is 5.10 Å². The molecule has 0 radical (unpaired) electrons. The zero-order valence-corrected chi connectivity index (χ0v) is 16.4. The lowest BCUT2D eigenvalue weighted by Gasteiger charge is -2.25. The highest BCUT2D eigenvalue weighted by Crippen LogP contribution is 2.29. The fourth-order valence-electron chi connectivity index (χ4n) is 3.03. The summed E-state index contributed by atoms with van der Waals surface area (Å²) in [5.41, 5.74) is 2.21. The first-order chi connectivity index (χ1) is 12.9. The van der Waals surface area contributed by atoms with Crippen LogP contribution in [0.15, 0.2) is 53.8 Å². The highest BCUT2D eigenvalue weighted by atomic mass is 35.5. The summed E-state index contributed by atoms with van der Waals surface area (Å²) in [6.07, 6.45) is 5.94. The van der Waals surface area contributed by atoms with Gasteiger partial charge in [-0.15, -0.1) is 0 Å². The molecule has 0 saturated carbocycles. The summed E-state index contributed by atoms with van der Waals surface area (Å²) < 4.78 is 34.4. The van der Waals surface area contributed by atoms with Gasteiger partial charge < -0.3 is 4.74 Å². The Kier molecular flexibility index (Phi) is 4.84. The first kappa shape index (κ1) is 18.3. The summed E-state index contributed by atoms with van der Waals surface area (Å²) >= 11 is 6.14. The minimum atomic E-state index is -3.75. The summed E-state index contributed by atoms with van der Waals surface area (Å²) in [5.74, 6) is 0.581. The molecule has 6 nitrogen and oxygen atoms in total. The van der Waals surface area contributed by atoms with E-state index < -0.39 is 10.0 Å². The van der Waals surface area contributed by atoms with Crippen molar-refractivity contribution < 1.29 is 13.2 Å². The predicted molar refractivity (Wildman–Crippen MR) is 103 cm³/mol. The van der Waals surface area contributed by atoms with Crippen molar-refractivity contribution in [3.8, 4) is 11.3 Å². The van der Waals surface area contributed by atoms with E-state index in [-0.39, 0.29) is 4.90 Å². The molecule has 1 aliphatic heterocycles. The Labute approximate surface area is 163 Å². The Bertz CT molecular complexity index is 1050. The third-order valence-corrected chi connectivity index (χ3v) is 6.63. The van der Waals surface area contributed by atoms with Gasteiger partial charge in [-0.1, -0.05) is 29.3 Å². The third kappa shape index (κ3) is 3.67. The third-order valence-electron chi connectivity index (χ3n) is 4.73. The summed E-state index contributed by atoms with van der Waals surface area (Å²) in [7, 11) is -3.75. The smallest absolute Gasteiger partial charge is 0.268 e. The maximum absolute atomic E-state index is 13.1. The second kappa shape index (κ2) is 7.14. The van der Waals surface area contributed by atoms with Crippen molar-refractivity contribution in [3.63, 3.8) is 0 Å². The van der Waals surface area contributed by atoms with Gasteiger partial charge in [0.15, 0.2) is 0 Å². The van der Waals surface area contributed by atoms with Crippen LogP contribution in [0.5, 0.6) is 0 Å². The topological polar surface area (TPSA) is 66.1 Å². The molecule has 3 aromatic rings. The summed E-state index contributed by atoms with van der Waals surface area (Å²) in [6, 6.07) is 8.41. The molecule has 1 aromatic carbocycles. The Morgan fingerprint density at radius 3 is 2.63 bits per heavy atom. The van der Waals surface area contributed by atoms with Crippen LogP contribution in [0.2, 0.25) is 5.02 Å². The van der Waals surface area contributed by atoms with E-state index in [1.54, 1.807) is 36.5 Å². The standard InChI is InChI=1S/C19H20ClN3O3S/c1-14-2-4-18(5-3-14)27(24,25)23-11-17(20)8-19(23)16-9-21-22(10-16)7-6-15-12-26-13-15/h2-5,8-11,15H,6-7,12-13H2,1H3. The van der Waals surface area contributed by atoms with Crippen molar-refractivity contribution in [3.05, 3.63) is 59.5 Å². The molecule has 0 unspecified atom stereocenters. The molecule has 27 heavy (non-hydrogen) atoms. The maximum Gasteiger partial charge on any atom is 0.268 e. The minimum absolute atomic E-state index is 0.221. The maximum atomic E-state index is 13.1. The molecule has 1 aliphatic rings. The molecule has 1 fully saturated rings. The second-order valence-electron chi connectivity index (χ2n) is 6.84. The van der Waals surface area contributed by atoms with Crippen LogP contribution < -0.4 is 0 Å². The van der Waals surface area contributed by atoms with Crippen LogP contribution >= 0.6 is 11.6 Å². The van der Waals surface area contributed by atoms with Gasteiger partial charge in [-0.2, -0.15) is 5.10 Å². The van der Waals surface area contributed by atoms with E-state index in [1.165, 1.54) is 10.2 Å². The molecule has 0 amide bonds. The van der Waals surface area contributed by atoms with Gasteiger partial charge in [0, 0.05) is 30.4 Å². The molecule has 8 heteroatoms. The number of rotatable bonds is 6. The van der Waals surface area contributed by atoms with Crippen molar-refractivity contribution in [2.24, 2.45) is 5.92 Å². The normalized spacial score (nSPS) is 15.0. The number of halogens is 1. The van der Waals surface area contributed by atoms with E-state index in [0.29, 0.717) is 22.2 Å². The van der Waals surface area contributed by atoms with Crippen LogP contribution in [-0.2, 0) is 21.3 Å². The molecule has 4 rings (SSSR count). The van der Waals surface area contributed by atoms with E-state index >= 15 is 0 Å². The van der Waals surface area contributed by atoms with E-state index in [1.807, 2.05) is 17.8 Å². The monoisotopic (exact) mass is 405 g/mol. The van der Waals surface area contributed by atoms with Crippen molar-refractivity contribution in [1.82, 2.24) is 13.8 Å². The molecular formula is C19H20ClN3O3S. The quantitative estimate of drug-likeness (QED) is 0.628. The number of hydrogen-bond acceptors (Lipinski definition) is 4. The average molecular weight is 406 g/mol. The molecule has 1 saturated heterocycles. The van der Waals surface area contributed by atoms with E-state index in [4.69, 9.17) is 16.3 Å². The fourth-order valence-corrected chi connectivity index (χ4v) is 4.67. The number of nitrogens with zero attached hydrogens (tertiary/aromatic N) is 3. The molecule has 0 aliphatic carbocycles. The fraction of sp³-hybridized carbons (Fsp3) is 0.316. The lowest BCUT2D eigenvalue weighted by atomic mass is 10.0. The van der Waals surface area contributed by atoms with Crippen LogP contribution in [0, 0.1) is 12.8 Å². The first-order valence-corrected chi connectivity index (χ1v) is 10.6. The largest absolute Gasteiger partial charge is 0.381 e.